The van der Waals surface area contributed by atoms with Crippen LogP contribution in [0.3, 0.4) is 0 Å². The molecule has 0 bridgehead atoms. The first kappa shape index (κ1) is 20.5. The molecule has 2 aromatic heterocycles. The van der Waals surface area contributed by atoms with E-state index in [2.05, 4.69) is 10.3 Å². The van der Waals surface area contributed by atoms with Crippen molar-refractivity contribution in [3.63, 3.8) is 0 Å². The van der Waals surface area contributed by atoms with Gasteiger partial charge < -0.3 is 13.9 Å². The molecule has 0 aliphatic rings. The molecule has 2 aromatic carbocycles. The second-order valence-corrected chi connectivity index (χ2v) is 8.25. The molecule has 0 atom stereocenters. The maximum absolute atomic E-state index is 12.0. The van der Waals surface area contributed by atoms with Gasteiger partial charge in [-0.15, -0.1) is 0 Å². The van der Waals surface area contributed by atoms with E-state index in [0.29, 0.717) is 5.69 Å². The number of ether oxygens (including phenoxy) is 2. The molecule has 31 heavy (non-hydrogen) atoms. The summed E-state index contributed by atoms with van der Waals surface area (Å²) in [5, 5.41) is 2.79. The highest BCUT2D eigenvalue weighted by molar-refractivity contribution is 5.86. The van der Waals surface area contributed by atoms with E-state index in [-0.39, 0.29) is 0 Å². The second-order valence-electron chi connectivity index (χ2n) is 8.25. The van der Waals surface area contributed by atoms with Crippen LogP contribution in [-0.4, -0.2) is 28.2 Å². The molecule has 4 rings (SSSR count). The van der Waals surface area contributed by atoms with Crippen molar-refractivity contribution in [3.05, 3.63) is 73.1 Å². The summed E-state index contributed by atoms with van der Waals surface area (Å²) < 4.78 is 12.6. The van der Waals surface area contributed by atoms with Crippen LogP contribution in [0.25, 0.3) is 28.0 Å². The van der Waals surface area contributed by atoms with Crippen LogP contribution in [0, 0.1) is 0 Å². The van der Waals surface area contributed by atoms with E-state index >= 15 is 0 Å². The van der Waals surface area contributed by atoms with Gasteiger partial charge in [0.2, 0.25) is 0 Å². The van der Waals surface area contributed by atoms with Gasteiger partial charge in [0.05, 0.1) is 19.0 Å². The molecule has 0 aliphatic carbocycles. The zero-order valence-electron chi connectivity index (χ0n) is 18.0. The van der Waals surface area contributed by atoms with Gasteiger partial charge in [-0.1, -0.05) is 36.4 Å². The van der Waals surface area contributed by atoms with E-state index in [1.165, 1.54) is 0 Å². The third kappa shape index (κ3) is 4.86. The molecule has 0 saturated heterocycles. The van der Waals surface area contributed by atoms with E-state index < -0.39 is 11.7 Å². The fourth-order valence-corrected chi connectivity index (χ4v) is 3.26. The Bertz CT molecular complexity index is 1220. The lowest BCUT2D eigenvalue weighted by molar-refractivity contribution is 0.0636. The number of benzene rings is 2. The molecule has 0 radical (unpaired) electrons. The summed E-state index contributed by atoms with van der Waals surface area (Å²) in [5.41, 5.74) is 4.96. The molecule has 0 spiro atoms. The molecular weight excluding hydrogens is 390 g/mol. The molecule has 1 N–H and O–H groups in total. The summed E-state index contributed by atoms with van der Waals surface area (Å²) >= 11 is 0. The summed E-state index contributed by atoms with van der Waals surface area (Å²) in [6.07, 6.45) is 3.42. The van der Waals surface area contributed by atoms with Crippen molar-refractivity contribution in [3.8, 4) is 28.1 Å². The topological polar surface area (TPSA) is 64.9 Å². The van der Waals surface area contributed by atoms with E-state index in [1.54, 1.807) is 7.11 Å². The van der Waals surface area contributed by atoms with E-state index in [1.807, 2.05) is 98.2 Å². The SMILES string of the molecule is COc1ccc2nc(-c3ccc(-c4cccc(NC(=O)OC(C)(C)C)c4)cc3)cn2c1. The fourth-order valence-electron chi connectivity index (χ4n) is 3.26. The predicted octanol–water partition coefficient (Wildman–Crippen LogP) is 6.02. The average molecular weight is 415 g/mol. The number of carbonyl (C=O) groups is 1. The molecule has 0 saturated carbocycles. The summed E-state index contributed by atoms with van der Waals surface area (Å²) in [6, 6.07) is 19.7. The smallest absolute Gasteiger partial charge is 0.412 e. The maximum Gasteiger partial charge on any atom is 0.412 e. The summed E-state index contributed by atoms with van der Waals surface area (Å²) in [7, 11) is 1.65. The standard InChI is InChI=1S/C25H25N3O3/c1-25(2,3)31-24(29)26-20-7-5-6-19(14-20)17-8-10-18(11-9-17)22-16-28-15-21(30-4)12-13-23(28)27-22/h5-16H,1-4H3,(H,26,29). The Morgan fingerprint density at radius 1 is 0.935 bits per heavy atom. The molecule has 6 heteroatoms. The minimum atomic E-state index is -0.541. The summed E-state index contributed by atoms with van der Waals surface area (Å²) in [6.45, 7) is 5.51. The van der Waals surface area contributed by atoms with Crippen molar-refractivity contribution in [2.24, 2.45) is 0 Å². The van der Waals surface area contributed by atoms with Crippen molar-refractivity contribution in [1.82, 2.24) is 9.38 Å². The minimum Gasteiger partial charge on any atom is -0.495 e. The van der Waals surface area contributed by atoms with E-state index in [4.69, 9.17) is 9.47 Å². The number of anilines is 1. The van der Waals surface area contributed by atoms with Crippen molar-refractivity contribution < 1.29 is 14.3 Å². The number of imidazole rings is 1. The van der Waals surface area contributed by atoms with Gasteiger partial charge in [-0.3, -0.25) is 5.32 Å². The molecule has 0 fully saturated rings. The zero-order valence-corrected chi connectivity index (χ0v) is 18.0. The number of nitrogens with one attached hydrogen (secondary N) is 1. The van der Waals surface area contributed by atoms with Crippen LogP contribution >= 0.6 is 0 Å². The maximum atomic E-state index is 12.0. The number of amides is 1. The normalized spacial score (nSPS) is 11.4. The minimum absolute atomic E-state index is 0.469. The van der Waals surface area contributed by atoms with Crippen LogP contribution in [0.2, 0.25) is 0 Å². The number of hydrogen-bond donors (Lipinski definition) is 1. The molecule has 0 unspecified atom stereocenters. The zero-order chi connectivity index (χ0) is 22.0. The lowest BCUT2D eigenvalue weighted by atomic mass is 10.0. The Morgan fingerprint density at radius 3 is 2.39 bits per heavy atom. The number of fused-ring (bicyclic) bond motifs is 1. The van der Waals surface area contributed by atoms with Crippen molar-refractivity contribution in [2.45, 2.75) is 26.4 Å². The quantitative estimate of drug-likeness (QED) is 0.442. The molecular formula is C25H25N3O3. The van der Waals surface area contributed by atoms with Crippen molar-refractivity contribution >= 4 is 17.4 Å². The highest BCUT2D eigenvalue weighted by Crippen LogP contribution is 2.27. The van der Waals surface area contributed by atoms with E-state index in [9.17, 15) is 4.79 Å². The number of carbonyl (C=O) groups excluding carboxylic acids is 1. The van der Waals surface area contributed by atoms with Gasteiger partial charge in [-0.2, -0.15) is 0 Å². The molecule has 0 aliphatic heterocycles. The van der Waals surface area contributed by atoms with Crippen molar-refractivity contribution in [1.29, 1.82) is 0 Å². The fraction of sp³-hybridized carbons (Fsp3) is 0.200. The Kier molecular flexibility index (Phi) is 5.38. The Hall–Kier alpha value is -3.80. The van der Waals surface area contributed by atoms with Gasteiger partial charge in [-0.05, 0) is 56.2 Å². The van der Waals surface area contributed by atoms with Gasteiger partial charge in [0.25, 0.3) is 0 Å². The molecule has 158 valence electrons. The Labute approximate surface area is 181 Å². The molecule has 2 heterocycles. The Balaban J connectivity index is 1.54. The number of pyridine rings is 1. The predicted molar refractivity (Wildman–Crippen MR) is 122 cm³/mol. The van der Waals surface area contributed by atoms with Crippen LogP contribution < -0.4 is 10.1 Å². The van der Waals surface area contributed by atoms with Gasteiger partial charge >= 0.3 is 6.09 Å². The number of methoxy groups -OCH3 is 1. The van der Waals surface area contributed by atoms with Gasteiger partial charge in [-0.25, -0.2) is 9.78 Å². The molecule has 1 amide bonds. The Morgan fingerprint density at radius 2 is 1.68 bits per heavy atom. The van der Waals surface area contributed by atoms with Crippen LogP contribution in [-0.2, 0) is 4.74 Å². The van der Waals surface area contributed by atoms with Crippen LogP contribution in [0.15, 0.2) is 73.1 Å². The average Bonchev–Trinajstić information content (AvgIpc) is 3.16. The highest BCUT2D eigenvalue weighted by Gasteiger charge is 2.16. The lowest BCUT2D eigenvalue weighted by Gasteiger charge is -2.19. The van der Waals surface area contributed by atoms with Crippen LogP contribution in [0.4, 0.5) is 10.5 Å². The summed E-state index contributed by atoms with van der Waals surface area (Å²) in [4.78, 5) is 16.7. The lowest BCUT2D eigenvalue weighted by Crippen LogP contribution is -2.27. The third-order valence-corrected chi connectivity index (χ3v) is 4.68. The van der Waals surface area contributed by atoms with E-state index in [0.717, 1.165) is 33.8 Å². The number of hydrogen-bond acceptors (Lipinski definition) is 4. The number of rotatable bonds is 4. The van der Waals surface area contributed by atoms with Crippen LogP contribution in [0.1, 0.15) is 20.8 Å². The second kappa shape index (κ2) is 8.14. The van der Waals surface area contributed by atoms with Crippen molar-refractivity contribution in [2.75, 3.05) is 12.4 Å². The van der Waals surface area contributed by atoms with Crippen LogP contribution in [0.5, 0.6) is 5.75 Å². The first-order valence-electron chi connectivity index (χ1n) is 10.0. The van der Waals surface area contributed by atoms with Gasteiger partial charge in [0.15, 0.2) is 0 Å². The first-order valence-corrected chi connectivity index (χ1v) is 10.0. The summed E-state index contributed by atoms with van der Waals surface area (Å²) in [5.74, 6) is 0.784. The monoisotopic (exact) mass is 415 g/mol. The molecule has 6 nitrogen and oxygen atoms in total. The molecule has 4 aromatic rings. The highest BCUT2D eigenvalue weighted by atomic mass is 16.6. The largest absolute Gasteiger partial charge is 0.495 e. The third-order valence-electron chi connectivity index (χ3n) is 4.68. The van der Waals surface area contributed by atoms with Gasteiger partial charge in [0.1, 0.15) is 17.0 Å². The number of aromatic nitrogens is 2. The number of nitrogens with zero attached hydrogens (tertiary/aromatic N) is 2. The first-order chi connectivity index (χ1) is 14.8. The van der Waals surface area contributed by atoms with Gasteiger partial charge in [0, 0.05) is 17.4 Å².